The minimum atomic E-state index is -0.690. The van der Waals surface area contributed by atoms with Gasteiger partial charge in [0, 0.05) is 19.7 Å². The van der Waals surface area contributed by atoms with Crippen molar-refractivity contribution in [3.8, 4) is 0 Å². The van der Waals surface area contributed by atoms with Gasteiger partial charge in [-0.15, -0.1) is 0 Å². The lowest BCUT2D eigenvalue weighted by Gasteiger charge is -2.10. The maximum atomic E-state index is 11.5. The maximum Gasteiger partial charge on any atom is 0.355 e. The van der Waals surface area contributed by atoms with E-state index < -0.39 is 17.2 Å². The first-order chi connectivity index (χ1) is 6.91. The Bertz CT molecular complexity index is 487. The molecular formula is C9H12N2O4. The molecule has 0 fully saturated rings. The van der Waals surface area contributed by atoms with Crippen LogP contribution in [0.1, 0.15) is 16.1 Å². The highest BCUT2D eigenvalue weighted by molar-refractivity contribution is 5.88. The van der Waals surface area contributed by atoms with Gasteiger partial charge in [-0.05, 0) is 6.92 Å². The van der Waals surface area contributed by atoms with Gasteiger partial charge in [-0.3, -0.25) is 13.9 Å². The third-order valence-electron chi connectivity index (χ3n) is 2.27. The molecule has 0 aliphatic carbocycles. The average Bonchev–Trinajstić information content (AvgIpc) is 2.23. The van der Waals surface area contributed by atoms with Crippen LogP contribution >= 0.6 is 0 Å². The monoisotopic (exact) mass is 212 g/mol. The SMILES string of the molecule is COC(=O)c1c(C)c(=O)n(C)c(=O)n1C. The van der Waals surface area contributed by atoms with Crippen LogP contribution in [0.2, 0.25) is 0 Å². The summed E-state index contributed by atoms with van der Waals surface area (Å²) in [5, 5.41) is 0. The van der Waals surface area contributed by atoms with Crippen LogP contribution in [0.4, 0.5) is 0 Å². The summed E-state index contributed by atoms with van der Waals surface area (Å²) >= 11 is 0. The summed E-state index contributed by atoms with van der Waals surface area (Å²) in [6.45, 7) is 1.48. The fourth-order valence-corrected chi connectivity index (χ4v) is 1.40. The Kier molecular flexibility index (Phi) is 2.78. The molecule has 15 heavy (non-hydrogen) atoms. The fourth-order valence-electron chi connectivity index (χ4n) is 1.40. The third kappa shape index (κ3) is 1.58. The van der Waals surface area contributed by atoms with Crippen LogP contribution < -0.4 is 11.2 Å². The molecule has 1 aromatic heterocycles. The minimum absolute atomic E-state index is 0.00870. The van der Waals surface area contributed by atoms with Crippen molar-refractivity contribution in [3.63, 3.8) is 0 Å². The number of hydrogen-bond donors (Lipinski definition) is 0. The molecule has 0 aromatic carbocycles. The average molecular weight is 212 g/mol. The number of ether oxygens (including phenoxy) is 1. The highest BCUT2D eigenvalue weighted by Crippen LogP contribution is 2.00. The highest BCUT2D eigenvalue weighted by atomic mass is 16.5. The van der Waals surface area contributed by atoms with Crippen molar-refractivity contribution < 1.29 is 9.53 Å². The summed E-state index contributed by atoms with van der Waals surface area (Å²) < 4.78 is 6.55. The van der Waals surface area contributed by atoms with Crippen LogP contribution in [0.25, 0.3) is 0 Å². The predicted molar refractivity (Wildman–Crippen MR) is 53.0 cm³/mol. The highest BCUT2D eigenvalue weighted by Gasteiger charge is 2.18. The molecule has 82 valence electrons. The summed E-state index contributed by atoms with van der Waals surface area (Å²) in [6, 6.07) is 0. The number of hydrogen-bond acceptors (Lipinski definition) is 4. The van der Waals surface area contributed by atoms with Gasteiger partial charge in [-0.1, -0.05) is 0 Å². The van der Waals surface area contributed by atoms with E-state index >= 15 is 0 Å². The Morgan fingerprint density at radius 1 is 1.20 bits per heavy atom. The molecule has 0 amide bonds. The molecule has 0 aliphatic heterocycles. The normalized spacial score (nSPS) is 10.1. The van der Waals surface area contributed by atoms with Gasteiger partial charge in [-0.2, -0.15) is 0 Å². The molecule has 6 nitrogen and oxygen atoms in total. The van der Waals surface area contributed by atoms with E-state index in [-0.39, 0.29) is 11.3 Å². The van der Waals surface area contributed by atoms with Crippen LogP contribution in [-0.4, -0.2) is 22.2 Å². The van der Waals surface area contributed by atoms with Crippen molar-refractivity contribution in [2.24, 2.45) is 14.1 Å². The van der Waals surface area contributed by atoms with Crippen molar-refractivity contribution in [1.29, 1.82) is 0 Å². The van der Waals surface area contributed by atoms with E-state index in [1.165, 1.54) is 28.1 Å². The Labute approximate surface area is 85.7 Å². The van der Waals surface area contributed by atoms with Gasteiger partial charge in [0.1, 0.15) is 5.69 Å². The summed E-state index contributed by atoms with van der Waals surface area (Å²) in [4.78, 5) is 34.4. The van der Waals surface area contributed by atoms with E-state index in [0.717, 1.165) is 9.13 Å². The molecule has 0 saturated carbocycles. The van der Waals surface area contributed by atoms with Gasteiger partial charge in [-0.25, -0.2) is 9.59 Å². The number of carbonyl (C=O) groups excluding carboxylic acids is 1. The first kappa shape index (κ1) is 11.2. The minimum Gasteiger partial charge on any atom is -0.464 e. The van der Waals surface area contributed by atoms with Gasteiger partial charge < -0.3 is 4.74 Å². The summed E-state index contributed by atoms with van der Waals surface area (Å²) in [6.07, 6.45) is 0. The second-order valence-electron chi connectivity index (χ2n) is 3.17. The van der Waals surface area contributed by atoms with Gasteiger partial charge in [0.25, 0.3) is 5.56 Å². The van der Waals surface area contributed by atoms with Crippen molar-refractivity contribution in [3.05, 3.63) is 32.1 Å². The lowest BCUT2D eigenvalue weighted by Crippen LogP contribution is -2.41. The van der Waals surface area contributed by atoms with E-state index in [1.54, 1.807) is 0 Å². The Balaban J connectivity index is 3.76. The van der Waals surface area contributed by atoms with E-state index in [9.17, 15) is 14.4 Å². The smallest absolute Gasteiger partial charge is 0.355 e. The number of esters is 1. The Morgan fingerprint density at radius 2 is 1.73 bits per heavy atom. The zero-order valence-corrected chi connectivity index (χ0v) is 9.03. The molecule has 0 bridgehead atoms. The third-order valence-corrected chi connectivity index (χ3v) is 2.27. The van der Waals surface area contributed by atoms with Crippen LogP contribution in [0.15, 0.2) is 9.59 Å². The molecule has 0 spiro atoms. The van der Waals surface area contributed by atoms with Gasteiger partial charge in [0.15, 0.2) is 0 Å². The molecule has 0 N–H and O–H groups in total. The second-order valence-corrected chi connectivity index (χ2v) is 3.17. The van der Waals surface area contributed by atoms with Crippen molar-refractivity contribution in [2.75, 3.05) is 7.11 Å². The molecule has 1 rings (SSSR count). The predicted octanol–water partition coefficient (Wildman–Crippen LogP) is -0.821. The molecular weight excluding hydrogens is 200 g/mol. The first-order valence-electron chi connectivity index (χ1n) is 4.26. The summed E-state index contributed by atoms with van der Waals surface area (Å²) in [7, 11) is 3.98. The number of rotatable bonds is 1. The van der Waals surface area contributed by atoms with Crippen LogP contribution in [0, 0.1) is 6.92 Å². The van der Waals surface area contributed by atoms with E-state index in [0.29, 0.717) is 0 Å². The van der Waals surface area contributed by atoms with Crippen molar-refractivity contribution in [2.45, 2.75) is 6.92 Å². The Morgan fingerprint density at radius 3 is 2.20 bits per heavy atom. The van der Waals surface area contributed by atoms with Gasteiger partial charge in [0.05, 0.1) is 7.11 Å². The number of methoxy groups -OCH3 is 1. The standard InChI is InChI=1S/C9H12N2O4/c1-5-6(8(13)15-4)10(2)9(14)11(3)7(5)12/h1-4H3. The van der Waals surface area contributed by atoms with Gasteiger partial charge >= 0.3 is 11.7 Å². The second kappa shape index (κ2) is 3.72. The lowest BCUT2D eigenvalue weighted by atomic mass is 10.2. The molecule has 0 aliphatic rings. The molecule has 1 heterocycles. The van der Waals surface area contributed by atoms with Crippen LogP contribution in [-0.2, 0) is 18.8 Å². The number of carbonyl (C=O) groups is 1. The Hall–Kier alpha value is -1.85. The lowest BCUT2D eigenvalue weighted by molar-refractivity contribution is 0.0586. The molecule has 0 radical (unpaired) electrons. The van der Waals surface area contributed by atoms with Gasteiger partial charge in [0.2, 0.25) is 0 Å². The van der Waals surface area contributed by atoms with Crippen LogP contribution in [0.5, 0.6) is 0 Å². The number of nitrogens with zero attached hydrogens (tertiary/aromatic N) is 2. The zero-order chi connectivity index (χ0) is 11.7. The van der Waals surface area contributed by atoms with Crippen LogP contribution in [0.3, 0.4) is 0 Å². The summed E-state index contributed by atoms with van der Waals surface area (Å²) in [5.41, 5.74) is -0.846. The number of aromatic nitrogens is 2. The molecule has 0 atom stereocenters. The molecule has 1 aromatic rings. The zero-order valence-electron chi connectivity index (χ0n) is 9.03. The van der Waals surface area contributed by atoms with Crippen molar-refractivity contribution >= 4 is 5.97 Å². The molecule has 0 saturated heterocycles. The van der Waals surface area contributed by atoms with E-state index in [4.69, 9.17) is 0 Å². The fraction of sp³-hybridized carbons (Fsp3) is 0.444. The van der Waals surface area contributed by atoms with E-state index in [1.807, 2.05) is 0 Å². The maximum absolute atomic E-state index is 11.5. The summed E-state index contributed by atoms with van der Waals surface area (Å²) in [5.74, 6) is -0.690. The van der Waals surface area contributed by atoms with Crippen molar-refractivity contribution in [1.82, 2.24) is 9.13 Å². The molecule has 0 unspecified atom stereocenters. The topological polar surface area (TPSA) is 70.3 Å². The van der Waals surface area contributed by atoms with E-state index in [2.05, 4.69) is 4.74 Å². The quantitative estimate of drug-likeness (QED) is 0.570. The molecule has 6 heteroatoms. The largest absolute Gasteiger partial charge is 0.464 e. The first-order valence-corrected chi connectivity index (χ1v) is 4.26.